The predicted octanol–water partition coefficient (Wildman–Crippen LogP) is 3.45. The first kappa shape index (κ1) is 25.8. The highest BCUT2D eigenvalue weighted by Crippen LogP contribution is 2.17. The minimum absolute atomic E-state index is 0. The smallest absolute Gasteiger partial charge is 0.258 e. The standard InChI is InChI=1S/C25H28N6O3.CH4/c1-25(2,26)23(32)27-20(17-33-15-18-9-5-3-6-10-18)22-29-30-24-28-21(13-14-31(22)24)34-16-19-11-7-4-8-12-19;/h3-14,20H,15-17,26H2,1-2H3,(H,27,32);1H4/t20-;/m1./s1. The van der Waals surface area contributed by atoms with Gasteiger partial charge in [-0.05, 0) is 25.0 Å². The summed E-state index contributed by atoms with van der Waals surface area (Å²) in [5.41, 5.74) is 6.99. The number of carbonyl (C=O) groups is 1. The summed E-state index contributed by atoms with van der Waals surface area (Å²) in [6.45, 7) is 4.26. The van der Waals surface area contributed by atoms with Gasteiger partial charge in [0, 0.05) is 12.3 Å². The van der Waals surface area contributed by atoms with E-state index in [0.717, 1.165) is 11.1 Å². The maximum Gasteiger partial charge on any atom is 0.258 e. The molecule has 0 bridgehead atoms. The molecule has 0 spiro atoms. The van der Waals surface area contributed by atoms with Crippen LogP contribution in [0.3, 0.4) is 0 Å². The fraction of sp³-hybridized carbons (Fsp3) is 0.308. The van der Waals surface area contributed by atoms with Gasteiger partial charge in [0.15, 0.2) is 5.82 Å². The quantitative estimate of drug-likeness (QED) is 0.360. The van der Waals surface area contributed by atoms with Crippen LogP contribution in [0.5, 0.6) is 5.88 Å². The fourth-order valence-corrected chi connectivity index (χ4v) is 3.23. The van der Waals surface area contributed by atoms with Crippen LogP contribution < -0.4 is 15.8 Å². The molecule has 4 aromatic rings. The molecule has 3 N–H and O–H groups in total. The van der Waals surface area contributed by atoms with E-state index >= 15 is 0 Å². The summed E-state index contributed by atoms with van der Waals surface area (Å²) in [6, 6.07) is 20.8. The van der Waals surface area contributed by atoms with Gasteiger partial charge in [-0.15, -0.1) is 10.2 Å². The number of rotatable bonds is 10. The van der Waals surface area contributed by atoms with Crippen LogP contribution in [-0.2, 0) is 22.7 Å². The third-order valence-corrected chi connectivity index (χ3v) is 5.11. The van der Waals surface area contributed by atoms with Crippen molar-refractivity contribution in [1.82, 2.24) is 24.9 Å². The highest BCUT2D eigenvalue weighted by Gasteiger charge is 2.28. The van der Waals surface area contributed by atoms with Crippen molar-refractivity contribution in [3.8, 4) is 5.88 Å². The van der Waals surface area contributed by atoms with Crippen LogP contribution in [0, 0.1) is 0 Å². The number of nitrogens with one attached hydrogen (secondary N) is 1. The molecule has 9 heteroatoms. The lowest BCUT2D eigenvalue weighted by molar-refractivity contribution is -0.126. The molecule has 2 heterocycles. The Kier molecular flexibility index (Phi) is 8.51. The molecule has 0 unspecified atom stereocenters. The van der Waals surface area contributed by atoms with Crippen LogP contribution >= 0.6 is 0 Å². The molecule has 0 saturated carbocycles. The molecule has 1 amide bonds. The van der Waals surface area contributed by atoms with Gasteiger partial charge in [-0.2, -0.15) is 4.98 Å². The van der Waals surface area contributed by atoms with Crippen molar-refractivity contribution < 1.29 is 14.3 Å². The Labute approximate surface area is 205 Å². The molecule has 2 aromatic carbocycles. The zero-order valence-corrected chi connectivity index (χ0v) is 19.2. The Morgan fingerprint density at radius 1 is 1.00 bits per heavy atom. The van der Waals surface area contributed by atoms with Crippen molar-refractivity contribution in [3.05, 3.63) is 89.9 Å². The highest BCUT2D eigenvalue weighted by molar-refractivity contribution is 5.85. The number of benzene rings is 2. The fourth-order valence-electron chi connectivity index (χ4n) is 3.23. The van der Waals surface area contributed by atoms with E-state index < -0.39 is 11.6 Å². The predicted molar refractivity (Wildman–Crippen MR) is 134 cm³/mol. The van der Waals surface area contributed by atoms with Gasteiger partial charge in [0.05, 0.1) is 18.8 Å². The Hall–Kier alpha value is -3.82. The largest absolute Gasteiger partial charge is 0.473 e. The van der Waals surface area contributed by atoms with Gasteiger partial charge >= 0.3 is 0 Å². The molecule has 0 aliphatic heterocycles. The van der Waals surface area contributed by atoms with E-state index in [-0.39, 0.29) is 19.9 Å². The van der Waals surface area contributed by atoms with E-state index in [0.29, 0.717) is 30.7 Å². The number of nitrogens with zero attached hydrogens (tertiary/aromatic N) is 4. The lowest BCUT2D eigenvalue weighted by Crippen LogP contribution is -2.50. The van der Waals surface area contributed by atoms with E-state index in [4.69, 9.17) is 15.2 Å². The summed E-state index contributed by atoms with van der Waals surface area (Å²) >= 11 is 0. The van der Waals surface area contributed by atoms with Gasteiger partial charge in [-0.3, -0.25) is 9.20 Å². The molecule has 0 aliphatic rings. The van der Waals surface area contributed by atoms with Crippen LogP contribution in [0.4, 0.5) is 0 Å². The van der Waals surface area contributed by atoms with Crippen molar-refractivity contribution in [1.29, 1.82) is 0 Å². The van der Waals surface area contributed by atoms with Crippen LogP contribution in [0.15, 0.2) is 72.9 Å². The number of carbonyl (C=O) groups excluding carboxylic acids is 1. The molecule has 0 aliphatic carbocycles. The molecule has 35 heavy (non-hydrogen) atoms. The van der Waals surface area contributed by atoms with Gasteiger partial charge in [0.2, 0.25) is 11.8 Å². The summed E-state index contributed by atoms with van der Waals surface area (Å²) in [5.74, 6) is 0.949. The number of hydrogen-bond acceptors (Lipinski definition) is 7. The van der Waals surface area contributed by atoms with E-state index in [2.05, 4.69) is 20.5 Å². The molecule has 0 saturated heterocycles. The first-order chi connectivity index (χ1) is 16.4. The van der Waals surface area contributed by atoms with Crippen LogP contribution in [0.25, 0.3) is 5.78 Å². The molecular weight excluding hydrogens is 444 g/mol. The van der Waals surface area contributed by atoms with E-state index in [1.54, 1.807) is 30.5 Å². The minimum Gasteiger partial charge on any atom is -0.473 e. The molecule has 9 nitrogen and oxygen atoms in total. The van der Waals surface area contributed by atoms with Gasteiger partial charge in [-0.25, -0.2) is 0 Å². The molecule has 4 rings (SSSR count). The normalized spacial score (nSPS) is 12.1. The van der Waals surface area contributed by atoms with E-state index in [9.17, 15) is 4.79 Å². The first-order valence-electron chi connectivity index (χ1n) is 11.0. The molecule has 1 atom stereocenters. The van der Waals surface area contributed by atoms with Crippen molar-refractivity contribution in [3.63, 3.8) is 0 Å². The average Bonchev–Trinajstić information content (AvgIpc) is 3.26. The van der Waals surface area contributed by atoms with Gasteiger partial charge in [0.25, 0.3) is 5.78 Å². The molecule has 0 fully saturated rings. The second kappa shape index (κ2) is 11.5. The van der Waals surface area contributed by atoms with Gasteiger partial charge < -0.3 is 20.5 Å². The van der Waals surface area contributed by atoms with E-state index in [1.165, 1.54) is 0 Å². The summed E-state index contributed by atoms with van der Waals surface area (Å²) in [5, 5.41) is 11.4. The lowest BCUT2D eigenvalue weighted by atomic mass is 10.1. The summed E-state index contributed by atoms with van der Waals surface area (Å²) in [6.07, 6.45) is 1.77. The average molecular weight is 477 g/mol. The first-order valence-corrected chi connectivity index (χ1v) is 11.0. The summed E-state index contributed by atoms with van der Waals surface area (Å²) < 4.78 is 13.4. The maximum atomic E-state index is 12.6. The van der Waals surface area contributed by atoms with Crippen LogP contribution in [0.1, 0.15) is 44.3 Å². The molecule has 0 radical (unpaired) electrons. The third kappa shape index (κ3) is 6.84. The number of ether oxygens (including phenoxy) is 2. The zero-order valence-electron chi connectivity index (χ0n) is 19.2. The SMILES string of the molecule is C.CC(C)(N)C(=O)N[C@H](COCc1ccccc1)c1nnc2nc(OCc3ccccc3)ccn12. The monoisotopic (exact) mass is 476 g/mol. The summed E-state index contributed by atoms with van der Waals surface area (Å²) in [4.78, 5) is 17.1. The van der Waals surface area contributed by atoms with Crippen molar-refractivity contribution >= 4 is 11.7 Å². The Morgan fingerprint density at radius 3 is 2.26 bits per heavy atom. The summed E-state index contributed by atoms with van der Waals surface area (Å²) in [7, 11) is 0. The van der Waals surface area contributed by atoms with Crippen molar-refractivity contribution in [2.45, 2.75) is 46.1 Å². The topological polar surface area (TPSA) is 117 Å². The number of hydrogen-bond donors (Lipinski definition) is 2. The number of aromatic nitrogens is 4. The Morgan fingerprint density at radius 2 is 1.63 bits per heavy atom. The van der Waals surface area contributed by atoms with Crippen molar-refractivity contribution in [2.75, 3.05) is 6.61 Å². The van der Waals surface area contributed by atoms with Crippen LogP contribution in [-0.4, -0.2) is 37.6 Å². The van der Waals surface area contributed by atoms with Crippen LogP contribution in [0.2, 0.25) is 0 Å². The molecular formula is C26H32N6O3. The lowest BCUT2D eigenvalue weighted by Gasteiger charge is -2.23. The van der Waals surface area contributed by atoms with E-state index in [1.807, 2.05) is 60.7 Å². The Bertz CT molecular complexity index is 1220. The van der Waals surface area contributed by atoms with Gasteiger partial charge in [0.1, 0.15) is 12.6 Å². The zero-order chi connectivity index (χ0) is 24.0. The molecule has 184 valence electrons. The number of amides is 1. The Balaban J connectivity index is 0.00000342. The second-order valence-corrected chi connectivity index (χ2v) is 8.52. The number of nitrogens with two attached hydrogens (primary N) is 1. The molecule has 2 aromatic heterocycles. The van der Waals surface area contributed by atoms with Gasteiger partial charge in [-0.1, -0.05) is 68.1 Å². The number of fused-ring (bicyclic) bond motifs is 1. The highest BCUT2D eigenvalue weighted by atomic mass is 16.5. The third-order valence-electron chi connectivity index (χ3n) is 5.11. The van der Waals surface area contributed by atoms with Crippen molar-refractivity contribution in [2.24, 2.45) is 5.73 Å². The maximum absolute atomic E-state index is 12.6. The second-order valence-electron chi connectivity index (χ2n) is 8.52. The minimum atomic E-state index is -1.06.